The van der Waals surface area contributed by atoms with Gasteiger partial charge in [-0.15, -0.1) is 0 Å². The molecule has 24 heavy (non-hydrogen) atoms. The lowest BCUT2D eigenvalue weighted by atomic mass is 9.87. The summed E-state index contributed by atoms with van der Waals surface area (Å²) in [4.78, 5) is 9.98. The molecule has 3 aromatic rings. The smallest absolute Gasteiger partial charge is 0.133 e. The first-order chi connectivity index (χ1) is 11.6. The number of hydrogen-bond acceptors (Lipinski definition) is 5. The fourth-order valence-electron chi connectivity index (χ4n) is 3.21. The summed E-state index contributed by atoms with van der Waals surface area (Å²) >= 11 is 0. The molecule has 0 aliphatic carbocycles. The zero-order chi connectivity index (χ0) is 16.7. The molecule has 0 amide bonds. The van der Waals surface area contributed by atoms with Crippen LogP contribution in [-0.4, -0.2) is 44.0 Å². The number of aromatic nitrogens is 4. The Balaban J connectivity index is 1.52. The first-order valence-corrected chi connectivity index (χ1v) is 7.94. The van der Waals surface area contributed by atoms with Crippen LogP contribution in [0.25, 0.3) is 11.0 Å². The van der Waals surface area contributed by atoms with Gasteiger partial charge >= 0.3 is 0 Å². The maximum absolute atomic E-state index is 8.33. The van der Waals surface area contributed by atoms with E-state index < -0.39 is 5.54 Å². The zero-order valence-corrected chi connectivity index (χ0v) is 13.2. The molecule has 4 rings (SSSR count). The second-order valence-electron chi connectivity index (χ2n) is 6.29. The number of nitrogens with one attached hydrogen (secondary N) is 3. The maximum Gasteiger partial charge on any atom is 0.133 e. The van der Waals surface area contributed by atoms with Crippen molar-refractivity contribution in [2.24, 2.45) is 5.73 Å². The fourth-order valence-corrected chi connectivity index (χ4v) is 3.21. The number of amidine groups is 1. The SMILES string of the molecule is N=C(c1cn[nH]c1N)N1CCC(N)(c2nc3ccccc3[nH]2)CC1. The van der Waals surface area contributed by atoms with Crippen molar-refractivity contribution in [2.75, 3.05) is 18.8 Å². The van der Waals surface area contributed by atoms with Gasteiger partial charge in [0.1, 0.15) is 17.5 Å². The number of imidazole rings is 1. The number of H-pyrrole nitrogens is 2. The van der Waals surface area contributed by atoms with Gasteiger partial charge in [0.15, 0.2) is 0 Å². The molecule has 0 bridgehead atoms. The minimum Gasteiger partial charge on any atom is -0.383 e. The quantitative estimate of drug-likeness (QED) is 0.356. The molecule has 1 aliphatic heterocycles. The van der Waals surface area contributed by atoms with Crippen molar-refractivity contribution in [2.45, 2.75) is 18.4 Å². The Hall–Kier alpha value is -2.87. The second kappa shape index (κ2) is 5.34. The number of nitrogens with zero attached hydrogens (tertiary/aromatic N) is 3. The molecule has 1 aliphatic rings. The van der Waals surface area contributed by atoms with Gasteiger partial charge in [-0.2, -0.15) is 5.10 Å². The van der Waals surface area contributed by atoms with Gasteiger partial charge in [-0.25, -0.2) is 4.98 Å². The van der Waals surface area contributed by atoms with Crippen molar-refractivity contribution < 1.29 is 0 Å². The van der Waals surface area contributed by atoms with Crippen LogP contribution in [0.5, 0.6) is 0 Å². The van der Waals surface area contributed by atoms with Gasteiger partial charge in [0.05, 0.1) is 28.3 Å². The maximum atomic E-state index is 8.33. The molecule has 0 saturated carbocycles. The third kappa shape index (κ3) is 2.31. The van der Waals surface area contributed by atoms with Crippen molar-refractivity contribution in [3.05, 3.63) is 41.9 Å². The average molecular weight is 324 g/mol. The van der Waals surface area contributed by atoms with Crippen LogP contribution in [0, 0.1) is 5.41 Å². The molecule has 1 aromatic carbocycles. The highest BCUT2D eigenvalue weighted by Crippen LogP contribution is 2.30. The standard InChI is InChI=1S/C16H20N8/c17-13-10(9-20-23-13)14(18)24-7-5-16(19,6-8-24)15-21-11-3-1-2-4-12(11)22-15/h1-4,9,18H,5-8,19H2,(H,21,22)(H3,17,20,23). The molecular formula is C16H20N8. The Kier molecular flexibility index (Phi) is 3.27. The Morgan fingerprint density at radius 3 is 2.67 bits per heavy atom. The van der Waals surface area contributed by atoms with Gasteiger partial charge in [-0.1, -0.05) is 12.1 Å². The van der Waals surface area contributed by atoms with Crippen LogP contribution in [-0.2, 0) is 5.54 Å². The minimum atomic E-state index is -0.502. The van der Waals surface area contributed by atoms with E-state index in [9.17, 15) is 0 Å². The molecule has 8 heteroatoms. The van der Waals surface area contributed by atoms with E-state index in [1.54, 1.807) is 6.20 Å². The van der Waals surface area contributed by atoms with E-state index in [0.29, 0.717) is 43.1 Å². The lowest BCUT2D eigenvalue weighted by Gasteiger charge is -2.38. The number of likely N-dealkylation sites (tertiary alicyclic amines) is 1. The Morgan fingerprint density at radius 1 is 1.25 bits per heavy atom. The summed E-state index contributed by atoms with van der Waals surface area (Å²) in [7, 11) is 0. The van der Waals surface area contributed by atoms with Crippen LogP contribution in [0.3, 0.4) is 0 Å². The van der Waals surface area contributed by atoms with Crippen molar-refractivity contribution >= 4 is 22.7 Å². The van der Waals surface area contributed by atoms with E-state index in [0.717, 1.165) is 16.9 Å². The van der Waals surface area contributed by atoms with Crippen LogP contribution in [0.4, 0.5) is 5.82 Å². The average Bonchev–Trinajstić information content (AvgIpc) is 3.21. The van der Waals surface area contributed by atoms with E-state index in [4.69, 9.17) is 16.9 Å². The molecule has 124 valence electrons. The first-order valence-electron chi connectivity index (χ1n) is 7.94. The molecule has 0 spiro atoms. The summed E-state index contributed by atoms with van der Waals surface area (Å²) in [6, 6.07) is 7.93. The van der Waals surface area contributed by atoms with Gasteiger partial charge in [0.2, 0.25) is 0 Å². The zero-order valence-electron chi connectivity index (χ0n) is 13.2. The Morgan fingerprint density at radius 2 is 2.00 bits per heavy atom. The van der Waals surface area contributed by atoms with Crippen LogP contribution in [0.1, 0.15) is 24.2 Å². The molecular weight excluding hydrogens is 304 g/mol. The van der Waals surface area contributed by atoms with Crippen LogP contribution in [0.2, 0.25) is 0 Å². The number of para-hydroxylation sites is 2. The predicted octanol–water partition coefficient (Wildman–Crippen LogP) is 1.14. The number of nitrogen functional groups attached to an aromatic ring is 1. The van der Waals surface area contributed by atoms with Crippen molar-refractivity contribution in [3.63, 3.8) is 0 Å². The summed E-state index contributed by atoms with van der Waals surface area (Å²) in [5.74, 6) is 1.62. The molecule has 2 aromatic heterocycles. The molecule has 3 heterocycles. The molecule has 1 fully saturated rings. The van der Waals surface area contributed by atoms with Crippen molar-refractivity contribution in [1.29, 1.82) is 5.41 Å². The van der Waals surface area contributed by atoms with E-state index >= 15 is 0 Å². The fraction of sp³-hybridized carbons (Fsp3) is 0.312. The Labute approximate surface area is 138 Å². The number of piperidine rings is 1. The third-order valence-corrected chi connectivity index (χ3v) is 4.76. The third-order valence-electron chi connectivity index (χ3n) is 4.76. The number of benzene rings is 1. The van der Waals surface area contributed by atoms with Crippen molar-refractivity contribution in [3.8, 4) is 0 Å². The minimum absolute atomic E-state index is 0.382. The number of aromatic amines is 2. The number of rotatable bonds is 2. The summed E-state index contributed by atoms with van der Waals surface area (Å²) in [6.45, 7) is 1.36. The van der Waals surface area contributed by atoms with Crippen LogP contribution < -0.4 is 11.5 Å². The summed E-state index contributed by atoms with van der Waals surface area (Å²) in [6.07, 6.45) is 3.02. The lowest BCUT2D eigenvalue weighted by Crippen LogP contribution is -2.50. The van der Waals surface area contributed by atoms with E-state index in [-0.39, 0.29) is 0 Å². The molecule has 0 atom stereocenters. The summed E-state index contributed by atoms with van der Waals surface area (Å²) < 4.78 is 0. The van der Waals surface area contributed by atoms with Crippen LogP contribution >= 0.6 is 0 Å². The predicted molar refractivity (Wildman–Crippen MR) is 92.6 cm³/mol. The highest BCUT2D eigenvalue weighted by molar-refractivity contribution is 6.00. The number of nitrogens with two attached hydrogens (primary N) is 2. The van der Waals surface area contributed by atoms with Gasteiger partial charge in [0.25, 0.3) is 0 Å². The van der Waals surface area contributed by atoms with Crippen molar-refractivity contribution in [1.82, 2.24) is 25.1 Å². The van der Waals surface area contributed by atoms with Gasteiger partial charge in [0, 0.05) is 13.1 Å². The van der Waals surface area contributed by atoms with Gasteiger partial charge < -0.3 is 21.4 Å². The number of fused-ring (bicyclic) bond motifs is 1. The van der Waals surface area contributed by atoms with Gasteiger partial charge in [-0.3, -0.25) is 10.5 Å². The first kappa shape index (κ1) is 14.7. The molecule has 0 unspecified atom stereocenters. The largest absolute Gasteiger partial charge is 0.383 e. The summed E-state index contributed by atoms with van der Waals surface area (Å²) in [5.41, 5.74) is 14.5. The highest BCUT2D eigenvalue weighted by atomic mass is 15.2. The number of anilines is 1. The lowest BCUT2D eigenvalue weighted by molar-refractivity contribution is 0.222. The molecule has 7 N–H and O–H groups in total. The Bertz CT molecular complexity index is 851. The van der Waals surface area contributed by atoms with Crippen LogP contribution in [0.15, 0.2) is 30.5 Å². The normalized spacial score (nSPS) is 17.3. The van der Waals surface area contributed by atoms with E-state index in [2.05, 4.69) is 20.2 Å². The molecule has 8 nitrogen and oxygen atoms in total. The highest BCUT2D eigenvalue weighted by Gasteiger charge is 2.36. The molecule has 1 saturated heterocycles. The monoisotopic (exact) mass is 324 g/mol. The van der Waals surface area contributed by atoms with E-state index in [1.165, 1.54) is 0 Å². The second-order valence-corrected chi connectivity index (χ2v) is 6.29. The van der Waals surface area contributed by atoms with E-state index in [1.807, 2.05) is 29.2 Å². The molecule has 0 radical (unpaired) electrons. The summed E-state index contributed by atoms with van der Waals surface area (Å²) in [5, 5.41) is 14.9. The van der Waals surface area contributed by atoms with Gasteiger partial charge in [-0.05, 0) is 25.0 Å². The topological polar surface area (TPSA) is 136 Å². The number of hydrogen-bond donors (Lipinski definition) is 5.